The second-order valence-electron chi connectivity index (χ2n) is 7.86. The fourth-order valence-electron chi connectivity index (χ4n) is 3.90. The van der Waals surface area contributed by atoms with Gasteiger partial charge in [0.05, 0.1) is 15.9 Å². The Kier molecular flexibility index (Phi) is 5.63. The monoisotopic (exact) mass is 459 g/mol. The Hall–Kier alpha value is -4.33. The average molecular weight is 459 g/mol. The van der Waals surface area contributed by atoms with Gasteiger partial charge in [-0.1, -0.05) is 13.0 Å². The summed E-state index contributed by atoms with van der Waals surface area (Å²) in [6.07, 6.45) is 2.10. The Morgan fingerprint density at radius 1 is 1.00 bits per heavy atom. The molecule has 8 nitrogen and oxygen atoms in total. The van der Waals surface area contributed by atoms with Crippen LogP contribution in [0.25, 0.3) is 22.1 Å². The van der Waals surface area contributed by atoms with E-state index < -0.39 is 4.92 Å². The first-order chi connectivity index (χ1) is 16.5. The number of nitro benzene ring substituents is 1. The number of benzene rings is 3. The first-order valence-corrected chi connectivity index (χ1v) is 10.9. The molecule has 0 spiro atoms. The van der Waals surface area contributed by atoms with E-state index in [0.29, 0.717) is 59.0 Å². The van der Waals surface area contributed by atoms with Crippen LogP contribution in [-0.2, 0) is 13.0 Å². The molecule has 2 heterocycles. The molecule has 0 unspecified atom stereocenters. The molecule has 0 saturated carbocycles. The number of hydrogen-bond donors (Lipinski definition) is 0. The van der Waals surface area contributed by atoms with Gasteiger partial charge in [0, 0.05) is 18.2 Å². The summed E-state index contributed by atoms with van der Waals surface area (Å²) in [5.41, 5.74) is 3.09. The van der Waals surface area contributed by atoms with Crippen LogP contribution >= 0.6 is 0 Å². The lowest BCUT2D eigenvalue weighted by Crippen LogP contribution is -2.15. The molecular weight excluding hydrogens is 438 g/mol. The molecule has 4 aromatic rings. The molecule has 172 valence electrons. The minimum absolute atomic E-state index is 0.0271. The number of rotatable bonds is 6. The van der Waals surface area contributed by atoms with Gasteiger partial charge in [-0.15, -0.1) is 0 Å². The Labute approximate surface area is 194 Å². The van der Waals surface area contributed by atoms with E-state index in [0.717, 1.165) is 11.1 Å². The summed E-state index contributed by atoms with van der Waals surface area (Å²) >= 11 is 0. The summed E-state index contributed by atoms with van der Waals surface area (Å²) in [5.74, 6) is 1.86. The third-order valence-corrected chi connectivity index (χ3v) is 5.73. The number of aryl methyl sites for hydroxylation is 1. The van der Waals surface area contributed by atoms with Crippen LogP contribution in [0.15, 0.2) is 70.1 Å². The minimum Gasteiger partial charge on any atom is -0.488 e. The smallest absolute Gasteiger partial charge is 0.269 e. The van der Waals surface area contributed by atoms with E-state index in [4.69, 9.17) is 18.6 Å². The molecule has 5 rings (SSSR count). The van der Waals surface area contributed by atoms with Gasteiger partial charge in [0.1, 0.15) is 37.4 Å². The lowest BCUT2D eigenvalue weighted by atomic mass is 10.0. The molecule has 0 saturated heterocycles. The number of nitrogens with zero attached hydrogens (tertiary/aromatic N) is 1. The van der Waals surface area contributed by atoms with E-state index in [-0.39, 0.29) is 17.7 Å². The van der Waals surface area contributed by atoms with Crippen LogP contribution in [0.2, 0.25) is 0 Å². The molecule has 0 atom stereocenters. The lowest BCUT2D eigenvalue weighted by Gasteiger charge is -2.18. The third-order valence-electron chi connectivity index (χ3n) is 5.73. The molecule has 1 aliphatic rings. The highest BCUT2D eigenvalue weighted by molar-refractivity contribution is 5.84. The van der Waals surface area contributed by atoms with E-state index >= 15 is 0 Å². The number of non-ortho nitro benzene ring substituents is 1. The van der Waals surface area contributed by atoms with Crippen molar-refractivity contribution in [2.45, 2.75) is 20.0 Å². The van der Waals surface area contributed by atoms with E-state index in [1.807, 2.05) is 13.0 Å². The summed E-state index contributed by atoms with van der Waals surface area (Å²) in [5, 5.41) is 11.3. The van der Waals surface area contributed by atoms with Crippen molar-refractivity contribution in [3.05, 3.63) is 92.3 Å². The van der Waals surface area contributed by atoms with Crippen molar-refractivity contribution < 1.29 is 23.6 Å². The van der Waals surface area contributed by atoms with Crippen molar-refractivity contribution >= 4 is 16.7 Å². The molecule has 1 aliphatic heterocycles. The molecular formula is C26H21NO7. The first kappa shape index (κ1) is 21.5. The fraction of sp³-hybridized carbons (Fsp3) is 0.192. The Morgan fingerprint density at radius 3 is 2.50 bits per heavy atom. The third kappa shape index (κ3) is 4.05. The topological polar surface area (TPSA) is 101 Å². The summed E-state index contributed by atoms with van der Waals surface area (Å²) in [4.78, 5) is 23.7. The van der Waals surface area contributed by atoms with Gasteiger partial charge < -0.3 is 18.6 Å². The number of fused-ring (bicyclic) bond motifs is 2. The largest absolute Gasteiger partial charge is 0.488 e. The molecule has 0 aliphatic carbocycles. The maximum atomic E-state index is 13.3. The van der Waals surface area contributed by atoms with Crippen molar-refractivity contribution in [3.8, 4) is 28.4 Å². The fourth-order valence-corrected chi connectivity index (χ4v) is 3.90. The molecule has 0 amide bonds. The van der Waals surface area contributed by atoms with Crippen LogP contribution in [0.4, 0.5) is 5.69 Å². The first-order valence-electron chi connectivity index (χ1n) is 10.9. The molecule has 3 aromatic carbocycles. The Bertz CT molecular complexity index is 1440. The van der Waals surface area contributed by atoms with Crippen LogP contribution in [0.5, 0.6) is 17.2 Å². The van der Waals surface area contributed by atoms with Crippen LogP contribution in [0, 0.1) is 10.1 Å². The second kappa shape index (κ2) is 8.90. The number of hydrogen-bond acceptors (Lipinski definition) is 7. The summed E-state index contributed by atoms with van der Waals surface area (Å²) in [6, 6.07) is 15.1. The van der Waals surface area contributed by atoms with Gasteiger partial charge in [-0.25, -0.2) is 0 Å². The van der Waals surface area contributed by atoms with Gasteiger partial charge in [-0.3, -0.25) is 14.9 Å². The molecule has 0 fully saturated rings. The highest BCUT2D eigenvalue weighted by Crippen LogP contribution is 2.34. The van der Waals surface area contributed by atoms with Crippen LogP contribution in [-0.4, -0.2) is 18.1 Å². The van der Waals surface area contributed by atoms with Crippen molar-refractivity contribution in [2.24, 2.45) is 0 Å². The van der Waals surface area contributed by atoms with Crippen LogP contribution in [0.3, 0.4) is 0 Å². The zero-order valence-corrected chi connectivity index (χ0v) is 18.4. The van der Waals surface area contributed by atoms with Gasteiger partial charge in [-0.2, -0.15) is 0 Å². The van der Waals surface area contributed by atoms with Gasteiger partial charge in [-0.05, 0) is 53.4 Å². The van der Waals surface area contributed by atoms with E-state index in [1.165, 1.54) is 18.4 Å². The molecule has 0 N–H and O–H groups in total. The number of nitro groups is 1. The van der Waals surface area contributed by atoms with Gasteiger partial charge >= 0.3 is 0 Å². The predicted molar refractivity (Wildman–Crippen MR) is 126 cm³/mol. The minimum atomic E-state index is -0.440. The van der Waals surface area contributed by atoms with E-state index in [1.54, 1.807) is 36.4 Å². The molecule has 0 radical (unpaired) electrons. The highest BCUT2D eigenvalue weighted by atomic mass is 16.6. The molecule has 8 heteroatoms. The summed E-state index contributed by atoms with van der Waals surface area (Å²) in [6.45, 7) is 3.17. The number of ether oxygens (including phenoxy) is 3. The summed E-state index contributed by atoms with van der Waals surface area (Å²) < 4.78 is 23.0. The quantitative estimate of drug-likeness (QED) is 0.286. The van der Waals surface area contributed by atoms with Crippen LogP contribution in [0.1, 0.15) is 18.1 Å². The van der Waals surface area contributed by atoms with E-state index in [2.05, 4.69) is 0 Å². The van der Waals surface area contributed by atoms with E-state index in [9.17, 15) is 14.9 Å². The van der Waals surface area contributed by atoms with Gasteiger partial charge in [0.25, 0.3) is 5.69 Å². The van der Waals surface area contributed by atoms with Crippen LogP contribution < -0.4 is 19.6 Å². The second-order valence-corrected chi connectivity index (χ2v) is 7.86. The Morgan fingerprint density at radius 2 is 1.76 bits per heavy atom. The van der Waals surface area contributed by atoms with Gasteiger partial charge in [0.15, 0.2) is 11.5 Å². The predicted octanol–water partition coefficient (Wildman–Crippen LogP) is 5.28. The lowest BCUT2D eigenvalue weighted by molar-refractivity contribution is -0.384. The van der Waals surface area contributed by atoms with Crippen molar-refractivity contribution in [2.75, 3.05) is 13.2 Å². The maximum Gasteiger partial charge on any atom is 0.269 e. The van der Waals surface area contributed by atoms with Crippen molar-refractivity contribution in [1.29, 1.82) is 0 Å². The van der Waals surface area contributed by atoms with Crippen molar-refractivity contribution in [3.63, 3.8) is 0 Å². The Balaban J connectivity index is 1.46. The maximum absolute atomic E-state index is 13.3. The summed E-state index contributed by atoms with van der Waals surface area (Å²) in [7, 11) is 0. The van der Waals surface area contributed by atoms with Crippen molar-refractivity contribution in [1.82, 2.24) is 0 Å². The zero-order chi connectivity index (χ0) is 23.7. The zero-order valence-electron chi connectivity index (χ0n) is 18.4. The standard InChI is InChI=1S/C26H21NO7/c1-2-17-11-20-24(13-23(17)33-14-16-3-6-19(7-4-16)27(29)30)34-15-21(26(20)28)18-5-8-22-25(12-18)32-10-9-31-22/h3-8,11-13,15H,2,9-10,14H2,1H3. The molecule has 0 bridgehead atoms. The SMILES string of the molecule is CCc1cc2c(=O)c(-c3ccc4c(c3)OCCO4)coc2cc1OCc1ccc([N+](=O)[O-])cc1. The van der Waals surface area contributed by atoms with Gasteiger partial charge in [0.2, 0.25) is 5.43 Å². The highest BCUT2D eigenvalue weighted by Gasteiger charge is 2.17. The molecule has 34 heavy (non-hydrogen) atoms. The normalized spacial score (nSPS) is 12.5. The average Bonchev–Trinajstić information content (AvgIpc) is 2.87. The molecule has 1 aromatic heterocycles.